The van der Waals surface area contributed by atoms with Crippen LogP contribution in [-0.2, 0) is 6.54 Å². The van der Waals surface area contributed by atoms with Gasteiger partial charge >= 0.3 is 0 Å². The van der Waals surface area contributed by atoms with Gasteiger partial charge in [0.2, 0.25) is 0 Å². The van der Waals surface area contributed by atoms with Gasteiger partial charge in [-0.15, -0.1) is 0 Å². The first-order chi connectivity index (χ1) is 14.1. The van der Waals surface area contributed by atoms with Gasteiger partial charge in [0.1, 0.15) is 0 Å². The molecule has 1 atom stereocenters. The summed E-state index contributed by atoms with van der Waals surface area (Å²) in [6, 6.07) is 14.5. The van der Waals surface area contributed by atoms with Gasteiger partial charge in [0.15, 0.2) is 0 Å². The Balaban J connectivity index is 1.46. The van der Waals surface area contributed by atoms with Gasteiger partial charge < -0.3 is 5.32 Å². The minimum atomic E-state index is -0.351. The lowest BCUT2D eigenvalue weighted by Crippen LogP contribution is -2.40. The summed E-state index contributed by atoms with van der Waals surface area (Å²) in [5.74, 6) is -0.876. The number of fused-ring (bicyclic) bond motifs is 1. The van der Waals surface area contributed by atoms with Gasteiger partial charge in [-0.05, 0) is 49.7 Å². The number of likely N-dealkylation sites (N-methyl/N-ethyl adjacent to an activating group) is 1. The van der Waals surface area contributed by atoms with Gasteiger partial charge in [-0.2, -0.15) is 0 Å². The molecule has 1 saturated heterocycles. The summed E-state index contributed by atoms with van der Waals surface area (Å²) in [4.78, 5) is 41.7. The van der Waals surface area contributed by atoms with E-state index in [0.29, 0.717) is 29.3 Å². The molecule has 0 bridgehead atoms. The minimum absolute atomic E-state index is 0.211. The number of imide groups is 1. The molecule has 2 aromatic rings. The standard InChI is InChI=1S/C23H25N3O3/c1-2-25-12-6-9-18(25)14-24-21(27)17-10-11-19-20(13-17)23(29)26(22(19)28)15-16-7-4-3-5-8-16/h3-5,7-8,10-11,13,18H,2,6,9,12,14-15H2,1H3,(H,24,27). The summed E-state index contributed by atoms with van der Waals surface area (Å²) in [6.45, 7) is 5.00. The van der Waals surface area contributed by atoms with Gasteiger partial charge in [-0.1, -0.05) is 37.3 Å². The molecule has 0 spiro atoms. The summed E-state index contributed by atoms with van der Waals surface area (Å²) in [6.07, 6.45) is 2.24. The van der Waals surface area contributed by atoms with E-state index in [-0.39, 0.29) is 24.3 Å². The van der Waals surface area contributed by atoms with Crippen molar-refractivity contribution in [3.63, 3.8) is 0 Å². The van der Waals surface area contributed by atoms with Gasteiger partial charge in [-0.3, -0.25) is 24.2 Å². The van der Waals surface area contributed by atoms with Gasteiger partial charge in [0.05, 0.1) is 17.7 Å². The Morgan fingerprint density at radius 1 is 1.07 bits per heavy atom. The molecule has 2 aliphatic heterocycles. The molecule has 2 aliphatic rings. The molecule has 0 radical (unpaired) electrons. The monoisotopic (exact) mass is 391 g/mol. The number of nitrogens with zero attached hydrogens (tertiary/aromatic N) is 2. The Morgan fingerprint density at radius 3 is 2.59 bits per heavy atom. The fourth-order valence-electron chi connectivity index (χ4n) is 4.20. The van der Waals surface area contributed by atoms with Crippen molar-refractivity contribution in [2.45, 2.75) is 32.4 Å². The van der Waals surface area contributed by atoms with E-state index in [0.717, 1.165) is 31.5 Å². The number of amides is 3. The second-order valence-electron chi connectivity index (χ2n) is 7.58. The second-order valence-corrected chi connectivity index (χ2v) is 7.58. The minimum Gasteiger partial charge on any atom is -0.350 e. The van der Waals surface area contributed by atoms with Crippen LogP contribution in [0.4, 0.5) is 0 Å². The fraction of sp³-hybridized carbons (Fsp3) is 0.348. The molecule has 4 rings (SSSR count). The van der Waals surface area contributed by atoms with E-state index in [1.54, 1.807) is 18.2 Å². The number of rotatable bonds is 6. The average Bonchev–Trinajstić information content (AvgIpc) is 3.31. The first-order valence-corrected chi connectivity index (χ1v) is 10.1. The molecule has 0 aliphatic carbocycles. The third-order valence-corrected chi connectivity index (χ3v) is 5.82. The third-order valence-electron chi connectivity index (χ3n) is 5.82. The number of nitrogens with one attached hydrogen (secondary N) is 1. The molecule has 0 aromatic heterocycles. The first kappa shape index (κ1) is 19.3. The maximum atomic E-state index is 12.8. The zero-order valence-corrected chi connectivity index (χ0v) is 16.6. The molecule has 6 nitrogen and oxygen atoms in total. The van der Waals surface area contributed by atoms with E-state index in [2.05, 4.69) is 17.1 Å². The van der Waals surface area contributed by atoms with Crippen molar-refractivity contribution in [3.05, 3.63) is 70.8 Å². The van der Waals surface area contributed by atoms with Gasteiger partial charge in [0.25, 0.3) is 17.7 Å². The molecule has 1 fully saturated rings. The zero-order valence-electron chi connectivity index (χ0n) is 16.6. The van der Waals surface area contributed by atoms with Crippen molar-refractivity contribution in [1.82, 2.24) is 15.1 Å². The maximum Gasteiger partial charge on any atom is 0.261 e. The van der Waals surface area contributed by atoms with E-state index < -0.39 is 0 Å². The Labute approximate surface area is 170 Å². The number of carbonyl (C=O) groups is 3. The van der Waals surface area contributed by atoms with E-state index in [4.69, 9.17) is 0 Å². The molecule has 150 valence electrons. The van der Waals surface area contributed by atoms with Crippen molar-refractivity contribution in [2.24, 2.45) is 0 Å². The van der Waals surface area contributed by atoms with Crippen molar-refractivity contribution < 1.29 is 14.4 Å². The van der Waals surface area contributed by atoms with Crippen LogP contribution in [-0.4, -0.2) is 53.2 Å². The fourth-order valence-corrected chi connectivity index (χ4v) is 4.20. The Morgan fingerprint density at radius 2 is 1.83 bits per heavy atom. The van der Waals surface area contributed by atoms with Crippen molar-refractivity contribution >= 4 is 17.7 Å². The van der Waals surface area contributed by atoms with Crippen LogP contribution in [0.5, 0.6) is 0 Å². The maximum absolute atomic E-state index is 12.8. The highest BCUT2D eigenvalue weighted by Crippen LogP contribution is 2.26. The third kappa shape index (κ3) is 3.80. The van der Waals surface area contributed by atoms with Gasteiger partial charge in [-0.25, -0.2) is 0 Å². The predicted molar refractivity (Wildman–Crippen MR) is 110 cm³/mol. The Kier molecular flexibility index (Phi) is 5.45. The topological polar surface area (TPSA) is 69.7 Å². The number of carbonyl (C=O) groups excluding carboxylic acids is 3. The highest BCUT2D eigenvalue weighted by molar-refractivity contribution is 6.22. The average molecular weight is 391 g/mol. The summed E-state index contributed by atoms with van der Waals surface area (Å²) in [5, 5.41) is 2.98. The van der Waals surface area contributed by atoms with Gasteiger partial charge in [0, 0.05) is 18.2 Å². The summed E-state index contributed by atoms with van der Waals surface area (Å²) in [5.41, 5.74) is 1.95. The number of benzene rings is 2. The number of hydrogen-bond donors (Lipinski definition) is 1. The van der Waals surface area contributed by atoms with Crippen molar-refractivity contribution in [3.8, 4) is 0 Å². The molecule has 3 amide bonds. The summed E-state index contributed by atoms with van der Waals surface area (Å²) < 4.78 is 0. The number of hydrogen-bond acceptors (Lipinski definition) is 4. The van der Waals surface area contributed by atoms with Crippen LogP contribution in [0, 0.1) is 0 Å². The first-order valence-electron chi connectivity index (χ1n) is 10.1. The number of likely N-dealkylation sites (tertiary alicyclic amines) is 1. The lowest BCUT2D eigenvalue weighted by molar-refractivity contribution is 0.0642. The molecule has 1 unspecified atom stereocenters. The smallest absolute Gasteiger partial charge is 0.261 e. The van der Waals surface area contributed by atoms with Crippen molar-refractivity contribution in [1.29, 1.82) is 0 Å². The summed E-state index contributed by atoms with van der Waals surface area (Å²) in [7, 11) is 0. The molecule has 0 saturated carbocycles. The molecule has 2 heterocycles. The predicted octanol–water partition coefficient (Wildman–Crippen LogP) is 2.70. The van der Waals surface area contributed by atoms with Crippen LogP contribution in [0.1, 0.15) is 56.4 Å². The Hall–Kier alpha value is -2.99. The lowest BCUT2D eigenvalue weighted by Gasteiger charge is -2.22. The highest BCUT2D eigenvalue weighted by Gasteiger charge is 2.36. The molecule has 2 aromatic carbocycles. The molecule has 6 heteroatoms. The van der Waals surface area contributed by atoms with Crippen LogP contribution in [0.2, 0.25) is 0 Å². The van der Waals surface area contributed by atoms with Crippen LogP contribution in [0.15, 0.2) is 48.5 Å². The van der Waals surface area contributed by atoms with E-state index in [1.165, 1.54) is 4.90 Å². The lowest BCUT2D eigenvalue weighted by atomic mass is 10.1. The highest BCUT2D eigenvalue weighted by atomic mass is 16.2. The largest absolute Gasteiger partial charge is 0.350 e. The normalized spacial score (nSPS) is 18.9. The molecule has 29 heavy (non-hydrogen) atoms. The Bertz CT molecular complexity index is 942. The van der Waals surface area contributed by atoms with E-state index >= 15 is 0 Å². The van der Waals surface area contributed by atoms with E-state index in [1.807, 2.05) is 30.3 Å². The van der Waals surface area contributed by atoms with Crippen LogP contribution >= 0.6 is 0 Å². The van der Waals surface area contributed by atoms with Crippen LogP contribution in [0.3, 0.4) is 0 Å². The van der Waals surface area contributed by atoms with Crippen LogP contribution in [0.25, 0.3) is 0 Å². The molecule has 1 N–H and O–H groups in total. The SMILES string of the molecule is CCN1CCCC1CNC(=O)c1ccc2c(c1)C(=O)N(Cc1ccccc1)C2=O. The zero-order chi connectivity index (χ0) is 20.4. The second kappa shape index (κ2) is 8.17. The molecular weight excluding hydrogens is 366 g/mol. The summed E-state index contributed by atoms with van der Waals surface area (Å²) >= 11 is 0. The van der Waals surface area contributed by atoms with Crippen molar-refractivity contribution in [2.75, 3.05) is 19.6 Å². The quantitative estimate of drug-likeness (QED) is 0.769. The van der Waals surface area contributed by atoms with Crippen LogP contribution < -0.4 is 5.32 Å². The molecular formula is C23H25N3O3. The van der Waals surface area contributed by atoms with E-state index in [9.17, 15) is 14.4 Å².